The second kappa shape index (κ2) is 4.83. The Morgan fingerprint density at radius 2 is 2.14 bits per heavy atom. The number of benzene rings is 1. The molecule has 1 unspecified atom stereocenters. The Bertz CT molecular complexity index is 301. The van der Waals surface area contributed by atoms with E-state index in [1.807, 2.05) is 13.0 Å². The van der Waals surface area contributed by atoms with Crippen molar-refractivity contribution in [2.75, 3.05) is 24.6 Å². The van der Waals surface area contributed by atoms with Crippen molar-refractivity contribution in [1.82, 2.24) is 5.32 Å². The zero-order valence-corrected chi connectivity index (χ0v) is 8.33. The maximum Gasteiger partial charge on any atom is 0.0627 e. The molecule has 0 spiro atoms. The number of hydrogen-bond acceptors (Lipinski definition) is 4. The van der Waals surface area contributed by atoms with E-state index in [2.05, 4.69) is 5.32 Å². The summed E-state index contributed by atoms with van der Waals surface area (Å²) in [5.41, 5.74) is 13.5. The van der Waals surface area contributed by atoms with Crippen LogP contribution in [0.2, 0.25) is 0 Å². The largest absolute Gasteiger partial charge is 0.399 e. The van der Waals surface area contributed by atoms with Crippen LogP contribution in [0, 0.1) is 0 Å². The fourth-order valence-corrected chi connectivity index (χ4v) is 1.43. The molecule has 0 aliphatic carbocycles. The fourth-order valence-electron chi connectivity index (χ4n) is 1.43. The Kier molecular flexibility index (Phi) is 3.73. The van der Waals surface area contributed by atoms with Crippen LogP contribution < -0.4 is 16.8 Å². The van der Waals surface area contributed by atoms with Crippen LogP contribution in [0.4, 0.5) is 11.4 Å². The molecule has 4 nitrogen and oxygen atoms in total. The van der Waals surface area contributed by atoms with E-state index in [0.717, 1.165) is 12.1 Å². The smallest absolute Gasteiger partial charge is 0.0627 e. The number of anilines is 2. The van der Waals surface area contributed by atoms with Gasteiger partial charge >= 0.3 is 0 Å². The lowest BCUT2D eigenvalue weighted by Crippen LogP contribution is -2.24. The van der Waals surface area contributed by atoms with Gasteiger partial charge in [0.15, 0.2) is 0 Å². The van der Waals surface area contributed by atoms with E-state index in [0.29, 0.717) is 11.4 Å². The highest BCUT2D eigenvalue weighted by atomic mass is 16.3. The van der Waals surface area contributed by atoms with Crippen molar-refractivity contribution in [2.45, 2.75) is 13.0 Å². The minimum Gasteiger partial charge on any atom is -0.399 e. The minimum absolute atomic E-state index is 0.0297. The number of rotatable bonds is 4. The predicted octanol–water partition coefficient (Wildman–Crippen LogP) is 0.494. The predicted molar refractivity (Wildman–Crippen MR) is 58.8 cm³/mol. The van der Waals surface area contributed by atoms with Crippen LogP contribution in [0.25, 0.3) is 0 Å². The molecule has 6 N–H and O–H groups in total. The lowest BCUT2D eigenvalue weighted by atomic mass is 10.0. The van der Waals surface area contributed by atoms with Crippen LogP contribution in [-0.4, -0.2) is 18.3 Å². The summed E-state index contributed by atoms with van der Waals surface area (Å²) < 4.78 is 0. The van der Waals surface area contributed by atoms with E-state index in [1.165, 1.54) is 0 Å². The molecular weight excluding hydrogens is 178 g/mol. The number of aliphatic hydroxyl groups is 1. The summed E-state index contributed by atoms with van der Waals surface area (Å²) in [5.74, 6) is 0. The van der Waals surface area contributed by atoms with E-state index < -0.39 is 0 Å². The van der Waals surface area contributed by atoms with E-state index >= 15 is 0 Å². The molecule has 0 aliphatic rings. The van der Waals surface area contributed by atoms with Gasteiger partial charge in [-0.2, -0.15) is 0 Å². The summed E-state index contributed by atoms with van der Waals surface area (Å²) in [6, 6.07) is 5.22. The first-order valence-corrected chi connectivity index (χ1v) is 4.68. The van der Waals surface area contributed by atoms with Gasteiger partial charge in [0.25, 0.3) is 0 Å². The molecule has 1 aromatic carbocycles. The Hall–Kier alpha value is -1.26. The number of aliphatic hydroxyl groups excluding tert-OH is 1. The average Bonchev–Trinajstić information content (AvgIpc) is 2.15. The maximum atomic E-state index is 9.16. The van der Waals surface area contributed by atoms with Crippen molar-refractivity contribution in [3.8, 4) is 0 Å². The van der Waals surface area contributed by atoms with Gasteiger partial charge in [0.05, 0.1) is 12.6 Å². The first kappa shape index (κ1) is 10.8. The molecule has 0 fully saturated rings. The first-order valence-electron chi connectivity index (χ1n) is 4.68. The molecule has 0 radical (unpaired) electrons. The topological polar surface area (TPSA) is 84.3 Å². The highest BCUT2D eigenvalue weighted by Gasteiger charge is 2.11. The number of likely N-dealkylation sites (N-methyl/N-ethyl adjacent to an activating group) is 1. The average molecular weight is 195 g/mol. The Morgan fingerprint density at radius 1 is 1.43 bits per heavy atom. The van der Waals surface area contributed by atoms with E-state index in [-0.39, 0.29) is 12.6 Å². The van der Waals surface area contributed by atoms with Crippen LogP contribution >= 0.6 is 0 Å². The van der Waals surface area contributed by atoms with Gasteiger partial charge in [0, 0.05) is 11.4 Å². The van der Waals surface area contributed by atoms with Crippen molar-refractivity contribution in [3.63, 3.8) is 0 Å². The van der Waals surface area contributed by atoms with Crippen LogP contribution in [0.15, 0.2) is 18.2 Å². The van der Waals surface area contributed by atoms with Gasteiger partial charge in [-0.15, -0.1) is 0 Å². The maximum absolute atomic E-state index is 9.16. The molecule has 0 bridgehead atoms. The zero-order valence-electron chi connectivity index (χ0n) is 8.33. The van der Waals surface area contributed by atoms with Crippen LogP contribution in [-0.2, 0) is 0 Å². The number of hydrogen-bond donors (Lipinski definition) is 4. The molecule has 1 rings (SSSR count). The SMILES string of the molecule is CCNC(CO)c1ccc(N)cc1N. The summed E-state index contributed by atoms with van der Waals surface area (Å²) in [7, 11) is 0. The van der Waals surface area contributed by atoms with Crippen LogP contribution in [0.3, 0.4) is 0 Å². The third kappa shape index (κ3) is 2.37. The Labute approximate surface area is 83.9 Å². The van der Waals surface area contributed by atoms with Gasteiger partial charge in [-0.05, 0) is 24.2 Å². The van der Waals surface area contributed by atoms with E-state index in [1.54, 1.807) is 12.1 Å². The molecule has 0 saturated carbocycles. The molecule has 0 aliphatic heterocycles. The van der Waals surface area contributed by atoms with Crippen molar-refractivity contribution in [1.29, 1.82) is 0 Å². The number of nitrogen functional groups attached to an aromatic ring is 2. The molecular formula is C10H17N3O. The molecule has 0 saturated heterocycles. The van der Waals surface area contributed by atoms with Gasteiger partial charge in [-0.3, -0.25) is 0 Å². The molecule has 0 heterocycles. The summed E-state index contributed by atoms with van der Waals surface area (Å²) in [4.78, 5) is 0. The third-order valence-corrected chi connectivity index (χ3v) is 2.12. The van der Waals surface area contributed by atoms with Gasteiger partial charge in [0.2, 0.25) is 0 Å². The van der Waals surface area contributed by atoms with Gasteiger partial charge in [-0.1, -0.05) is 13.0 Å². The quantitative estimate of drug-likeness (QED) is 0.527. The highest BCUT2D eigenvalue weighted by molar-refractivity contribution is 5.57. The second-order valence-corrected chi connectivity index (χ2v) is 3.18. The lowest BCUT2D eigenvalue weighted by molar-refractivity contribution is 0.247. The van der Waals surface area contributed by atoms with Gasteiger partial charge in [0.1, 0.15) is 0 Å². The normalized spacial score (nSPS) is 12.7. The zero-order chi connectivity index (χ0) is 10.6. The second-order valence-electron chi connectivity index (χ2n) is 3.18. The molecule has 14 heavy (non-hydrogen) atoms. The minimum atomic E-state index is -0.111. The molecule has 0 aromatic heterocycles. The summed E-state index contributed by atoms with van der Waals surface area (Å²) in [6.07, 6.45) is 0. The summed E-state index contributed by atoms with van der Waals surface area (Å²) >= 11 is 0. The Balaban J connectivity index is 2.92. The molecule has 1 atom stereocenters. The highest BCUT2D eigenvalue weighted by Crippen LogP contribution is 2.22. The molecule has 4 heteroatoms. The van der Waals surface area contributed by atoms with Crippen LogP contribution in [0.5, 0.6) is 0 Å². The standard InChI is InChI=1S/C10H17N3O/c1-2-13-10(6-14)8-4-3-7(11)5-9(8)12/h3-5,10,13-14H,2,6,11-12H2,1H3. The summed E-state index contributed by atoms with van der Waals surface area (Å²) in [5, 5.41) is 12.3. The Morgan fingerprint density at radius 3 is 2.64 bits per heavy atom. The van der Waals surface area contributed by atoms with Crippen molar-refractivity contribution >= 4 is 11.4 Å². The summed E-state index contributed by atoms with van der Waals surface area (Å²) in [6.45, 7) is 2.80. The van der Waals surface area contributed by atoms with Crippen molar-refractivity contribution in [3.05, 3.63) is 23.8 Å². The monoisotopic (exact) mass is 195 g/mol. The number of nitrogens with one attached hydrogen (secondary N) is 1. The third-order valence-electron chi connectivity index (χ3n) is 2.12. The van der Waals surface area contributed by atoms with Gasteiger partial charge < -0.3 is 21.9 Å². The number of nitrogens with two attached hydrogens (primary N) is 2. The van der Waals surface area contributed by atoms with E-state index in [9.17, 15) is 0 Å². The molecule has 0 amide bonds. The van der Waals surface area contributed by atoms with E-state index in [4.69, 9.17) is 16.6 Å². The molecule has 78 valence electrons. The van der Waals surface area contributed by atoms with Gasteiger partial charge in [-0.25, -0.2) is 0 Å². The molecule has 1 aromatic rings. The first-order chi connectivity index (χ1) is 6.69. The van der Waals surface area contributed by atoms with Crippen molar-refractivity contribution in [2.24, 2.45) is 0 Å². The van der Waals surface area contributed by atoms with Crippen molar-refractivity contribution < 1.29 is 5.11 Å². The van der Waals surface area contributed by atoms with Crippen LogP contribution in [0.1, 0.15) is 18.5 Å². The fraction of sp³-hybridized carbons (Fsp3) is 0.400. The lowest BCUT2D eigenvalue weighted by Gasteiger charge is -2.17.